The Balaban J connectivity index is 2.22. The van der Waals surface area contributed by atoms with Crippen LogP contribution >= 0.6 is 0 Å². The first kappa shape index (κ1) is 15.0. The van der Waals surface area contributed by atoms with Gasteiger partial charge in [-0.3, -0.25) is 0 Å². The van der Waals surface area contributed by atoms with Gasteiger partial charge in [0.15, 0.2) is 0 Å². The van der Waals surface area contributed by atoms with E-state index in [-0.39, 0.29) is 12.5 Å². The van der Waals surface area contributed by atoms with E-state index >= 15 is 0 Å². The second-order valence-electron chi connectivity index (χ2n) is 5.51. The number of aliphatic hydroxyl groups is 2. The average Bonchev–Trinajstić information content (AvgIpc) is 2.46. The number of aliphatic hydroxyl groups excluding tert-OH is 2. The zero-order valence-corrected chi connectivity index (χ0v) is 12.5. The van der Waals surface area contributed by atoms with Crippen molar-refractivity contribution in [2.24, 2.45) is 5.92 Å². The fraction of sp³-hybridized carbons (Fsp3) is 0.714. The van der Waals surface area contributed by atoms with Crippen LogP contribution in [0, 0.1) is 5.92 Å². The quantitative estimate of drug-likeness (QED) is 0.825. The second kappa shape index (κ2) is 6.37. The fourth-order valence-corrected chi connectivity index (χ4v) is 2.41. The van der Waals surface area contributed by atoms with Gasteiger partial charge in [-0.15, -0.1) is 0 Å². The van der Waals surface area contributed by atoms with Crippen LogP contribution in [-0.4, -0.2) is 60.1 Å². The molecule has 112 valence electrons. The van der Waals surface area contributed by atoms with Crippen molar-refractivity contribution < 1.29 is 10.2 Å². The van der Waals surface area contributed by atoms with Gasteiger partial charge in [0.05, 0.1) is 6.10 Å². The molecule has 1 aromatic heterocycles. The van der Waals surface area contributed by atoms with Gasteiger partial charge in [-0.25, -0.2) is 4.98 Å². The molecule has 0 bridgehead atoms. The summed E-state index contributed by atoms with van der Waals surface area (Å²) in [6.45, 7) is 3.42. The van der Waals surface area contributed by atoms with Crippen LogP contribution in [0.15, 0.2) is 6.07 Å². The molecule has 0 radical (unpaired) electrons. The summed E-state index contributed by atoms with van der Waals surface area (Å²) in [7, 11) is 3.84. The summed E-state index contributed by atoms with van der Waals surface area (Å²) in [5, 5.41) is 19.3. The number of anilines is 2. The van der Waals surface area contributed by atoms with E-state index < -0.39 is 6.10 Å². The highest BCUT2D eigenvalue weighted by Gasteiger charge is 2.28. The van der Waals surface area contributed by atoms with Crippen LogP contribution in [0.5, 0.6) is 0 Å². The first-order valence-electron chi connectivity index (χ1n) is 7.14. The Kier molecular flexibility index (Phi) is 4.77. The molecule has 6 heteroatoms. The third-order valence-corrected chi connectivity index (χ3v) is 3.80. The monoisotopic (exact) mass is 280 g/mol. The summed E-state index contributed by atoms with van der Waals surface area (Å²) in [5.74, 6) is 1.53. The van der Waals surface area contributed by atoms with Gasteiger partial charge >= 0.3 is 0 Å². The largest absolute Gasteiger partial charge is 0.396 e. The Bertz CT molecular complexity index is 453. The van der Waals surface area contributed by atoms with Crippen LogP contribution in [0.2, 0.25) is 0 Å². The summed E-state index contributed by atoms with van der Waals surface area (Å²) in [4.78, 5) is 13.0. The molecule has 2 N–H and O–H groups in total. The minimum absolute atomic E-state index is 0.0212. The zero-order valence-electron chi connectivity index (χ0n) is 12.5. The second-order valence-corrected chi connectivity index (χ2v) is 5.51. The molecule has 1 saturated heterocycles. The van der Waals surface area contributed by atoms with Gasteiger partial charge < -0.3 is 20.0 Å². The first-order valence-corrected chi connectivity index (χ1v) is 7.14. The maximum absolute atomic E-state index is 10.1. The predicted molar refractivity (Wildman–Crippen MR) is 79.1 cm³/mol. The van der Waals surface area contributed by atoms with E-state index in [1.807, 2.05) is 25.1 Å². The number of aryl methyl sites for hydroxylation is 1. The molecule has 2 atom stereocenters. The van der Waals surface area contributed by atoms with Gasteiger partial charge in [0.1, 0.15) is 5.82 Å². The molecule has 0 saturated carbocycles. The summed E-state index contributed by atoms with van der Waals surface area (Å²) in [6, 6.07) is 1.99. The number of β-amino-alcohol motifs (C(OH)–C–C–N with tert-alkyl or cyclic N) is 1. The smallest absolute Gasteiger partial charge is 0.227 e. The summed E-state index contributed by atoms with van der Waals surface area (Å²) in [6.07, 6.45) is 1.13. The van der Waals surface area contributed by atoms with Crippen molar-refractivity contribution in [2.45, 2.75) is 25.9 Å². The molecule has 0 unspecified atom stereocenters. The van der Waals surface area contributed by atoms with Crippen LogP contribution in [0.3, 0.4) is 0 Å². The molecule has 6 nitrogen and oxygen atoms in total. The van der Waals surface area contributed by atoms with E-state index in [0.717, 1.165) is 30.9 Å². The van der Waals surface area contributed by atoms with Crippen LogP contribution in [0.25, 0.3) is 0 Å². The van der Waals surface area contributed by atoms with E-state index in [1.54, 1.807) is 0 Å². The van der Waals surface area contributed by atoms with Gasteiger partial charge in [0, 0.05) is 51.5 Å². The van der Waals surface area contributed by atoms with E-state index in [9.17, 15) is 10.2 Å². The van der Waals surface area contributed by atoms with Gasteiger partial charge in [0.25, 0.3) is 0 Å². The van der Waals surface area contributed by atoms with Crippen molar-refractivity contribution >= 4 is 11.8 Å². The Morgan fingerprint density at radius 2 is 2.15 bits per heavy atom. The summed E-state index contributed by atoms with van der Waals surface area (Å²) >= 11 is 0. The number of hydrogen-bond acceptors (Lipinski definition) is 6. The van der Waals surface area contributed by atoms with E-state index in [1.165, 1.54) is 0 Å². The Labute approximate surface area is 120 Å². The molecule has 20 heavy (non-hydrogen) atoms. The van der Waals surface area contributed by atoms with E-state index in [2.05, 4.69) is 21.8 Å². The minimum Gasteiger partial charge on any atom is -0.396 e. The molecular weight excluding hydrogens is 256 g/mol. The van der Waals surface area contributed by atoms with Gasteiger partial charge in [-0.05, 0) is 12.8 Å². The highest BCUT2D eigenvalue weighted by molar-refractivity contribution is 5.46. The molecular formula is C14H24N4O2. The minimum atomic E-state index is -0.503. The van der Waals surface area contributed by atoms with Crippen LogP contribution < -0.4 is 9.80 Å². The predicted octanol–water partition coefficient (Wildman–Crippen LogP) is 0.284. The van der Waals surface area contributed by atoms with Gasteiger partial charge in [-0.2, -0.15) is 4.98 Å². The lowest BCUT2D eigenvalue weighted by molar-refractivity contribution is 0.0546. The third kappa shape index (κ3) is 3.19. The Morgan fingerprint density at radius 3 is 2.70 bits per heavy atom. The zero-order chi connectivity index (χ0) is 14.7. The third-order valence-electron chi connectivity index (χ3n) is 3.80. The normalized spacial score (nSPS) is 22.9. The number of piperidine rings is 1. The van der Waals surface area contributed by atoms with Crippen molar-refractivity contribution in [1.82, 2.24) is 9.97 Å². The maximum atomic E-state index is 10.1. The Hall–Kier alpha value is -1.40. The maximum Gasteiger partial charge on any atom is 0.227 e. The van der Waals surface area contributed by atoms with Gasteiger partial charge in [0.2, 0.25) is 5.95 Å². The lowest BCUT2D eigenvalue weighted by Gasteiger charge is -2.36. The molecule has 1 aliphatic rings. The molecule has 1 fully saturated rings. The summed E-state index contributed by atoms with van der Waals surface area (Å²) in [5.41, 5.74) is 0.998. The van der Waals surface area contributed by atoms with Crippen molar-refractivity contribution in [2.75, 3.05) is 43.6 Å². The number of aromatic nitrogens is 2. The summed E-state index contributed by atoms with van der Waals surface area (Å²) < 4.78 is 0. The first-order chi connectivity index (χ1) is 9.55. The van der Waals surface area contributed by atoms with Crippen LogP contribution in [0.1, 0.15) is 19.0 Å². The lowest BCUT2D eigenvalue weighted by Crippen LogP contribution is -2.45. The van der Waals surface area contributed by atoms with Crippen molar-refractivity contribution in [1.29, 1.82) is 0 Å². The average molecular weight is 280 g/mol. The molecule has 0 amide bonds. The molecule has 1 aromatic rings. The molecule has 1 aliphatic heterocycles. The van der Waals surface area contributed by atoms with Crippen molar-refractivity contribution in [3.05, 3.63) is 11.8 Å². The highest BCUT2D eigenvalue weighted by atomic mass is 16.3. The fourth-order valence-electron chi connectivity index (χ4n) is 2.41. The Morgan fingerprint density at radius 1 is 1.40 bits per heavy atom. The molecule has 2 heterocycles. The van der Waals surface area contributed by atoms with Crippen molar-refractivity contribution in [3.63, 3.8) is 0 Å². The SMILES string of the molecule is CCc1cc(N2CC[C@H](CO)[C@H](O)C2)nc(N(C)C)n1. The molecule has 0 spiro atoms. The number of hydrogen-bond donors (Lipinski definition) is 2. The lowest BCUT2D eigenvalue weighted by atomic mass is 9.95. The number of rotatable bonds is 4. The van der Waals surface area contributed by atoms with Gasteiger partial charge in [-0.1, -0.05) is 6.92 Å². The number of nitrogens with zero attached hydrogens (tertiary/aromatic N) is 4. The van der Waals surface area contributed by atoms with Crippen molar-refractivity contribution in [3.8, 4) is 0 Å². The van der Waals surface area contributed by atoms with E-state index in [0.29, 0.717) is 12.5 Å². The molecule has 0 aliphatic carbocycles. The molecule has 0 aromatic carbocycles. The highest BCUT2D eigenvalue weighted by Crippen LogP contribution is 2.24. The topological polar surface area (TPSA) is 72.7 Å². The van der Waals surface area contributed by atoms with E-state index in [4.69, 9.17) is 0 Å². The van der Waals surface area contributed by atoms with Crippen LogP contribution in [0.4, 0.5) is 11.8 Å². The van der Waals surface area contributed by atoms with Crippen LogP contribution in [-0.2, 0) is 6.42 Å². The molecule has 2 rings (SSSR count). The standard InChI is InChI=1S/C14H24N4O2/c1-4-11-7-13(16-14(15-11)17(2)3)18-6-5-10(9-19)12(20)8-18/h7,10,12,19-20H,4-6,8-9H2,1-3H3/t10-,12-/m1/s1.